The standard InChI is InChI=1S/C14H20BrN5/c1-2-19(9-11-5-7-16-8-6-11)14-17-13-4-3-12(15)10-20(13)18-14/h3-4,10-11,16H,2,5-9H2,1H3. The summed E-state index contributed by atoms with van der Waals surface area (Å²) in [5.41, 5.74) is 0.895. The molecule has 1 saturated heterocycles. The Labute approximate surface area is 127 Å². The van der Waals surface area contributed by atoms with Gasteiger partial charge in [-0.05, 0) is 66.8 Å². The molecule has 1 fully saturated rings. The van der Waals surface area contributed by atoms with Gasteiger partial charge in [0.25, 0.3) is 0 Å². The van der Waals surface area contributed by atoms with Crippen molar-refractivity contribution in [3.63, 3.8) is 0 Å². The number of pyridine rings is 1. The minimum Gasteiger partial charge on any atom is -0.340 e. The summed E-state index contributed by atoms with van der Waals surface area (Å²) in [5, 5.41) is 8.01. The Bertz CT molecular complexity index is 576. The molecule has 0 atom stereocenters. The van der Waals surface area contributed by atoms with Crippen LogP contribution in [0.15, 0.2) is 22.8 Å². The van der Waals surface area contributed by atoms with Crippen molar-refractivity contribution in [1.29, 1.82) is 0 Å². The number of aromatic nitrogens is 3. The predicted molar refractivity (Wildman–Crippen MR) is 84.2 cm³/mol. The van der Waals surface area contributed by atoms with E-state index < -0.39 is 0 Å². The van der Waals surface area contributed by atoms with Crippen molar-refractivity contribution in [1.82, 2.24) is 19.9 Å². The van der Waals surface area contributed by atoms with Crippen molar-refractivity contribution in [3.8, 4) is 0 Å². The summed E-state index contributed by atoms with van der Waals surface area (Å²) in [4.78, 5) is 6.92. The third-order valence-electron chi connectivity index (χ3n) is 3.89. The van der Waals surface area contributed by atoms with Gasteiger partial charge >= 0.3 is 0 Å². The molecule has 1 aliphatic heterocycles. The van der Waals surface area contributed by atoms with Gasteiger partial charge in [-0.3, -0.25) is 0 Å². The quantitative estimate of drug-likeness (QED) is 0.929. The average Bonchev–Trinajstić information content (AvgIpc) is 2.88. The van der Waals surface area contributed by atoms with Gasteiger partial charge in [0.05, 0.1) is 0 Å². The number of nitrogens with one attached hydrogen (secondary N) is 1. The first-order chi connectivity index (χ1) is 9.76. The zero-order chi connectivity index (χ0) is 13.9. The zero-order valence-electron chi connectivity index (χ0n) is 11.7. The lowest BCUT2D eigenvalue weighted by Crippen LogP contribution is -2.36. The summed E-state index contributed by atoms with van der Waals surface area (Å²) in [6.45, 7) is 6.43. The maximum atomic E-state index is 4.63. The fourth-order valence-electron chi connectivity index (χ4n) is 2.71. The molecular formula is C14H20BrN5. The van der Waals surface area contributed by atoms with Crippen LogP contribution in [0.5, 0.6) is 0 Å². The van der Waals surface area contributed by atoms with Crippen molar-refractivity contribution >= 4 is 27.5 Å². The second kappa shape index (κ2) is 6.10. The Balaban J connectivity index is 1.79. The van der Waals surface area contributed by atoms with Gasteiger partial charge in [0.2, 0.25) is 5.95 Å². The minimum absolute atomic E-state index is 0.745. The summed E-state index contributed by atoms with van der Waals surface area (Å²) in [7, 11) is 0. The highest BCUT2D eigenvalue weighted by atomic mass is 79.9. The molecule has 0 unspecified atom stereocenters. The highest BCUT2D eigenvalue weighted by Gasteiger charge is 2.19. The van der Waals surface area contributed by atoms with Gasteiger partial charge < -0.3 is 10.2 Å². The lowest BCUT2D eigenvalue weighted by molar-refractivity contribution is 0.373. The topological polar surface area (TPSA) is 45.5 Å². The van der Waals surface area contributed by atoms with Crippen molar-refractivity contribution < 1.29 is 0 Å². The molecule has 0 aliphatic carbocycles. The highest BCUT2D eigenvalue weighted by molar-refractivity contribution is 9.10. The second-order valence-electron chi connectivity index (χ2n) is 5.29. The van der Waals surface area contributed by atoms with Crippen LogP contribution in [-0.2, 0) is 0 Å². The number of rotatable bonds is 4. The van der Waals surface area contributed by atoms with Gasteiger partial charge in [0.1, 0.15) is 0 Å². The smallest absolute Gasteiger partial charge is 0.245 e. The summed E-state index contributed by atoms with van der Waals surface area (Å²) >= 11 is 3.47. The minimum atomic E-state index is 0.745. The Morgan fingerprint density at radius 2 is 2.20 bits per heavy atom. The highest BCUT2D eigenvalue weighted by Crippen LogP contribution is 2.18. The zero-order valence-corrected chi connectivity index (χ0v) is 13.3. The molecule has 3 rings (SSSR count). The number of nitrogens with zero attached hydrogens (tertiary/aromatic N) is 4. The third-order valence-corrected chi connectivity index (χ3v) is 4.35. The SMILES string of the molecule is CCN(CC1CCNCC1)c1nc2ccc(Br)cn2n1. The number of anilines is 1. The molecule has 0 bridgehead atoms. The van der Waals surface area contributed by atoms with Gasteiger partial charge in [-0.15, -0.1) is 5.10 Å². The Morgan fingerprint density at radius 1 is 1.40 bits per heavy atom. The molecule has 2 aromatic rings. The van der Waals surface area contributed by atoms with E-state index in [0.29, 0.717) is 0 Å². The fraction of sp³-hybridized carbons (Fsp3) is 0.571. The first-order valence-electron chi connectivity index (χ1n) is 7.24. The summed E-state index contributed by atoms with van der Waals surface area (Å²) in [6, 6.07) is 3.98. The Kier molecular flexibility index (Phi) is 4.21. The number of hydrogen-bond donors (Lipinski definition) is 1. The molecule has 1 N–H and O–H groups in total. The van der Waals surface area contributed by atoms with Gasteiger partial charge in [0, 0.05) is 23.8 Å². The van der Waals surface area contributed by atoms with E-state index in [1.165, 1.54) is 12.8 Å². The van der Waals surface area contributed by atoms with Crippen LogP contribution < -0.4 is 10.2 Å². The second-order valence-corrected chi connectivity index (χ2v) is 6.21. The van der Waals surface area contributed by atoms with E-state index in [1.54, 1.807) is 0 Å². The maximum Gasteiger partial charge on any atom is 0.245 e. The monoisotopic (exact) mass is 337 g/mol. The molecule has 0 aromatic carbocycles. The van der Waals surface area contributed by atoms with Crippen molar-refractivity contribution in [3.05, 3.63) is 22.8 Å². The van der Waals surface area contributed by atoms with E-state index in [1.807, 2.05) is 22.8 Å². The van der Waals surface area contributed by atoms with Crippen LogP contribution in [0.2, 0.25) is 0 Å². The van der Waals surface area contributed by atoms with Crippen LogP contribution >= 0.6 is 15.9 Å². The normalized spacial score (nSPS) is 16.7. The third kappa shape index (κ3) is 2.96. The van der Waals surface area contributed by atoms with Crippen LogP contribution in [0.3, 0.4) is 0 Å². The van der Waals surface area contributed by atoms with Gasteiger partial charge in [-0.2, -0.15) is 4.98 Å². The lowest BCUT2D eigenvalue weighted by Gasteiger charge is -2.28. The first-order valence-corrected chi connectivity index (χ1v) is 8.03. The Hall–Kier alpha value is -1.14. The summed E-state index contributed by atoms with van der Waals surface area (Å²) < 4.78 is 2.85. The van der Waals surface area contributed by atoms with Crippen molar-refractivity contribution in [2.75, 3.05) is 31.1 Å². The molecule has 0 radical (unpaired) electrons. The molecule has 2 aromatic heterocycles. The van der Waals surface area contributed by atoms with Crippen LogP contribution in [0.1, 0.15) is 19.8 Å². The van der Waals surface area contributed by atoms with Gasteiger partial charge in [-0.1, -0.05) is 0 Å². The van der Waals surface area contributed by atoms with Crippen LogP contribution in [0.4, 0.5) is 5.95 Å². The van der Waals surface area contributed by atoms with E-state index in [4.69, 9.17) is 0 Å². The largest absolute Gasteiger partial charge is 0.340 e. The van der Waals surface area contributed by atoms with Crippen LogP contribution in [0, 0.1) is 5.92 Å². The molecule has 3 heterocycles. The molecular weight excluding hydrogens is 318 g/mol. The Morgan fingerprint density at radius 3 is 2.95 bits per heavy atom. The van der Waals surface area contributed by atoms with Crippen molar-refractivity contribution in [2.24, 2.45) is 5.92 Å². The first kappa shape index (κ1) is 13.8. The molecule has 0 amide bonds. The number of halogens is 1. The number of hydrogen-bond acceptors (Lipinski definition) is 4. The molecule has 0 spiro atoms. The summed E-state index contributed by atoms with van der Waals surface area (Å²) in [6.07, 6.45) is 4.44. The van der Waals surface area contributed by atoms with Crippen molar-refractivity contribution in [2.45, 2.75) is 19.8 Å². The van der Waals surface area contributed by atoms with Crippen LogP contribution in [0.25, 0.3) is 5.65 Å². The van der Waals surface area contributed by atoms with E-state index in [9.17, 15) is 0 Å². The predicted octanol–water partition coefficient (Wildman–Crippen LogP) is 2.32. The fourth-order valence-corrected chi connectivity index (χ4v) is 3.03. The van der Waals surface area contributed by atoms with Gasteiger partial charge in [0.15, 0.2) is 5.65 Å². The average molecular weight is 338 g/mol. The van der Waals surface area contributed by atoms with E-state index in [-0.39, 0.29) is 0 Å². The van der Waals surface area contributed by atoms with E-state index >= 15 is 0 Å². The van der Waals surface area contributed by atoms with E-state index in [2.05, 4.69) is 43.2 Å². The molecule has 20 heavy (non-hydrogen) atoms. The maximum absolute atomic E-state index is 4.63. The molecule has 1 aliphatic rings. The summed E-state index contributed by atoms with van der Waals surface area (Å²) in [5.74, 6) is 1.58. The number of piperidine rings is 1. The molecule has 6 heteroatoms. The van der Waals surface area contributed by atoms with E-state index in [0.717, 1.165) is 48.2 Å². The van der Waals surface area contributed by atoms with Crippen LogP contribution in [-0.4, -0.2) is 40.8 Å². The van der Waals surface area contributed by atoms with Gasteiger partial charge in [-0.25, -0.2) is 4.52 Å². The lowest BCUT2D eigenvalue weighted by atomic mass is 9.98. The number of fused-ring (bicyclic) bond motifs is 1. The molecule has 0 saturated carbocycles. The molecule has 5 nitrogen and oxygen atoms in total. The molecule has 108 valence electrons.